The minimum atomic E-state index is -0.821. The summed E-state index contributed by atoms with van der Waals surface area (Å²) in [6, 6.07) is 10.1. The molecule has 0 radical (unpaired) electrons. The summed E-state index contributed by atoms with van der Waals surface area (Å²) in [6.45, 7) is 0. The zero-order chi connectivity index (χ0) is 24.7. The highest BCUT2D eigenvalue weighted by Crippen LogP contribution is 2.32. The molecule has 176 valence electrons. The first-order valence-electron chi connectivity index (χ1n) is 10.3. The lowest BCUT2D eigenvalue weighted by Crippen LogP contribution is -2.31. The van der Waals surface area contributed by atoms with E-state index in [1.54, 1.807) is 44.4 Å². The van der Waals surface area contributed by atoms with E-state index in [0.717, 1.165) is 10.1 Å². The van der Waals surface area contributed by atoms with Gasteiger partial charge >= 0.3 is 11.4 Å². The van der Waals surface area contributed by atoms with Crippen LogP contribution in [0, 0.1) is 0 Å². The van der Waals surface area contributed by atoms with Crippen molar-refractivity contribution in [3.05, 3.63) is 73.3 Å². The molecule has 11 nitrogen and oxygen atoms in total. The van der Waals surface area contributed by atoms with E-state index in [1.165, 1.54) is 22.5 Å². The van der Waals surface area contributed by atoms with E-state index in [0.29, 0.717) is 22.6 Å². The van der Waals surface area contributed by atoms with Crippen LogP contribution >= 0.6 is 0 Å². The van der Waals surface area contributed by atoms with Crippen LogP contribution in [0.1, 0.15) is 5.56 Å². The number of imidazole rings is 1. The normalized spacial score (nSPS) is 11.4. The first-order valence-corrected chi connectivity index (χ1v) is 10.3. The average Bonchev–Trinajstić information content (AvgIpc) is 3.01. The zero-order valence-corrected chi connectivity index (χ0v) is 19.4. The molecule has 0 bridgehead atoms. The lowest BCUT2D eigenvalue weighted by Gasteiger charge is -2.16. The molecule has 34 heavy (non-hydrogen) atoms. The fourth-order valence-corrected chi connectivity index (χ4v) is 3.81. The van der Waals surface area contributed by atoms with Gasteiger partial charge in [0.15, 0.2) is 0 Å². The van der Waals surface area contributed by atoms with Crippen LogP contribution in [0.25, 0.3) is 16.7 Å². The standard InChI is InChI=1S/C23H24N6O5/c1-26(2)16-11-18-17(27(3)23(33)28(18)4)10-14(16)24-12-13-20(30)25-22(32)29(21(13)31)15-8-6-7-9-19(15)34-5/h6-12,31H,1-5H3,(H,25,30,32). The Morgan fingerprint density at radius 1 is 1.06 bits per heavy atom. The highest BCUT2D eigenvalue weighted by atomic mass is 16.5. The van der Waals surface area contributed by atoms with Crippen molar-refractivity contribution in [2.24, 2.45) is 19.1 Å². The topological polar surface area (TPSA) is 127 Å². The highest BCUT2D eigenvalue weighted by molar-refractivity contribution is 5.91. The number of aliphatic imine (C=N–C) groups is 1. The molecular weight excluding hydrogens is 440 g/mol. The number of aromatic nitrogens is 4. The molecule has 4 rings (SSSR count). The molecule has 2 aromatic heterocycles. The Hall–Kier alpha value is -4.54. The van der Waals surface area contributed by atoms with E-state index in [1.807, 2.05) is 25.1 Å². The summed E-state index contributed by atoms with van der Waals surface area (Å²) < 4.78 is 9.26. The third kappa shape index (κ3) is 3.56. The SMILES string of the molecule is COc1ccccc1-n1c(O)c(C=Nc2cc3c(cc2N(C)C)n(C)c(=O)n3C)c(=O)[nH]c1=O. The average molecular weight is 464 g/mol. The lowest BCUT2D eigenvalue weighted by molar-refractivity contribution is 0.401. The molecule has 0 atom stereocenters. The molecule has 0 unspecified atom stereocenters. The first kappa shape index (κ1) is 22.6. The van der Waals surface area contributed by atoms with Gasteiger partial charge in [0.05, 0.1) is 35.2 Å². The minimum Gasteiger partial charge on any atom is -0.495 e. The second-order valence-electron chi connectivity index (χ2n) is 7.89. The van der Waals surface area contributed by atoms with Gasteiger partial charge in [-0.15, -0.1) is 0 Å². The number of hydrogen-bond acceptors (Lipinski definition) is 7. The number of para-hydroxylation sites is 2. The van der Waals surface area contributed by atoms with Gasteiger partial charge in [-0.3, -0.25) is 23.9 Å². The van der Waals surface area contributed by atoms with Gasteiger partial charge in [-0.25, -0.2) is 14.2 Å². The molecule has 0 aliphatic rings. The highest BCUT2D eigenvalue weighted by Gasteiger charge is 2.18. The Bertz CT molecular complexity index is 1620. The van der Waals surface area contributed by atoms with Crippen LogP contribution in [0.15, 0.2) is 55.8 Å². The quantitative estimate of drug-likeness (QED) is 0.428. The second kappa shape index (κ2) is 8.43. The lowest BCUT2D eigenvalue weighted by atomic mass is 10.2. The number of nitrogens with one attached hydrogen (secondary N) is 1. The van der Waals surface area contributed by atoms with Gasteiger partial charge in [-0.1, -0.05) is 12.1 Å². The van der Waals surface area contributed by atoms with Gasteiger partial charge < -0.3 is 14.7 Å². The Labute approximate surface area is 193 Å². The van der Waals surface area contributed by atoms with Crippen molar-refractivity contribution in [1.82, 2.24) is 18.7 Å². The predicted molar refractivity (Wildman–Crippen MR) is 131 cm³/mol. The van der Waals surface area contributed by atoms with Crippen LogP contribution < -0.4 is 26.6 Å². The van der Waals surface area contributed by atoms with Crippen LogP contribution in [0.5, 0.6) is 11.6 Å². The molecule has 0 fully saturated rings. The Morgan fingerprint density at radius 3 is 2.35 bits per heavy atom. The van der Waals surface area contributed by atoms with E-state index in [9.17, 15) is 19.5 Å². The number of fused-ring (bicyclic) bond motifs is 1. The molecule has 2 N–H and O–H groups in total. The summed E-state index contributed by atoms with van der Waals surface area (Å²) in [5, 5.41) is 10.9. The molecule has 2 heterocycles. The predicted octanol–water partition coefficient (Wildman–Crippen LogP) is 1.25. The zero-order valence-electron chi connectivity index (χ0n) is 19.4. The molecule has 0 aliphatic heterocycles. The molecule has 0 amide bonds. The van der Waals surface area contributed by atoms with Crippen molar-refractivity contribution >= 4 is 28.6 Å². The van der Waals surface area contributed by atoms with Crippen molar-refractivity contribution in [1.29, 1.82) is 0 Å². The van der Waals surface area contributed by atoms with Gasteiger partial charge in [0, 0.05) is 34.4 Å². The van der Waals surface area contributed by atoms with Crippen LogP contribution in [0.2, 0.25) is 0 Å². The van der Waals surface area contributed by atoms with Gasteiger partial charge in [0.2, 0.25) is 5.88 Å². The van der Waals surface area contributed by atoms with Gasteiger partial charge in [0.1, 0.15) is 11.3 Å². The van der Waals surface area contributed by atoms with E-state index < -0.39 is 17.1 Å². The van der Waals surface area contributed by atoms with Crippen molar-refractivity contribution in [2.75, 3.05) is 26.1 Å². The third-order valence-corrected chi connectivity index (χ3v) is 5.63. The molecule has 0 aliphatic carbocycles. The maximum absolute atomic E-state index is 12.5. The molecule has 0 saturated heterocycles. The van der Waals surface area contributed by atoms with Gasteiger partial charge in [0.25, 0.3) is 5.56 Å². The van der Waals surface area contributed by atoms with Crippen LogP contribution in [0.4, 0.5) is 11.4 Å². The van der Waals surface area contributed by atoms with Crippen LogP contribution in [0.3, 0.4) is 0 Å². The van der Waals surface area contributed by atoms with Crippen LogP contribution in [-0.2, 0) is 14.1 Å². The second-order valence-corrected chi connectivity index (χ2v) is 7.89. The third-order valence-electron chi connectivity index (χ3n) is 5.63. The molecular formula is C23H24N6O5. The Morgan fingerprint density at radius 2 is 1.71 bits per heavy atom. The number of H-pyrrole nitrogens is 1. The van der Waals surface area contributed by atoms with Crippen molar-refractivity contribution in [2.45, 2.75) is 0 Å². The van der Waals surface area contributed by atoms with Crippen molar-refractivity contribution in [3.63, 3.8) is 0 Å². The molecule has 2 aromatic carbocycles. The summed E-state index contributed by atoms with van der Waals surface area (Å²) >= 11 is 0. The maximum Gasteiger partial charge on any atom is 0.335 e. The van der Waals surface area contributed by atoms with Gasteiger partial charge in [-0.05, 0) is 24.3 Å². The number of aromatic amines is 1. The summed E-state index contributed by atoms with van der Waals surface area (Å²) in [5.41, 5.74) is 0.786. The number of methoxy groups -OCH3 is 1. The van der Waals surface area contributed by atoms with E-state index in [-0.39, 0.29) is 16.9 Å². The summed E-state index contributed by atoms with van der Waals surface area (Å²) in [4.78, 5) is 45.9. The molecule has 0 saturated carbocycles. The minimum absolute atomic E-state index is 0.182. The Kier molecular flexibility index (Phi) is 5.61. The van der Waals surface area contributed by atoms with E-state index in [2.05, 4.69) is 9.98 Å². The van der Waals surface area contributed by atoms with Crippen LogP contribution in [-0.4, -0.2) is 51.2 Å². The summed E-state index contributed by atoms with van der Waals surface area (Å²) in [5.74, 6) is -0.248. The summed E-state index contributed by atoms with van der Waals surface area (Å²) in [6.07, 6.45) is 1.19. The number of ether oxygens (including phenoxy) is 1. The summed E-state index contributed by atoms with van der Waals surface area (Å²) in [7, 11) is 8.43. The monoisotopic (exact) mass is 464 g/mol. The van der Waals surface area contributed by atoms with Gasteiger partial charge in [-0.2, -0.15) is 0 Å². The van der Waals surface area contributed by atoms with E-state index in [4.69, 9.17) is 4.74 Å². The number of nitrogens with zero attached hydrogens (tertiary/aromatic N) is 5. The number of aryl methyl sites for hydroxylation is 2. The Balaban J connectivity index is 1.92. The number of anilines is 1. The largest absolute Gasteiger partial charge is 0.495 e. The van der Waals surface area contributed by atoms with Crippen molar-refractivity contribution in [3.8, 4) is 17.3 Å². The smallest absolute Gasteiger partial charge is 0.335 e. The molecule has 11 heteroatoms. The first-order chi connectivity index (χ1) is 16.1. The number of benzene rings is 2. The number of hydrogen-bond donors (Lipinski definition) is 2. The molecule has 4 aromatic rings. The fourth-order valence-electron chi connectivity index (χ4n) is 3.81. The van der Waals surface area contributed by atoms with E-state index >= 15 is 0 Å². The number of aromatic hydroxyl groups is 1. The molecule has 0 spiro atoms. The number of rotatable bonds is 5. The maximum atomic E-state index is 12.5. The fraction of sp³-hybridized carbons (Fsp3) is 0.217. The van der Waals surface area contributed by atoms with Crippen molar-refractivity contribution < 1.29 is 9.84 Å².